The molecule has 0 unspecified atom stereocenters. The van der Waals surface area contributed by atoms with Gasteiger partial charge in [0.15, 0.2) is 23.6 Å². The van der Waals surface area contributed by atoms with Gasteiger partial charge in [-0.2, -0.15) is 0 Å². The van der Waals surface area contributed by atoms with Crippen molar-refractivity contribution in [2.45, 2.75) is 6.17 Å². The van der Waals surface area contributed by atoms with Crippen molar-refractivity contribution in [1.82, 2.24) is 9.55 Å². The van der Waals surface area contributed by atoms with Crippen LogP contribution < -0.4 is 20.5 Å². The standard InChI is InChI=1S/C17H14ClN5O2/c18-10-7-9(8-13-14(10)25-6-5-24-13)15-21-16(19)22-17-20-11-3-1-2-4-12(11)23(15)17/h1-4,7-8,15H,5-6H2,(H3,19,20,21,22)/t15-/m1/s1. The third-order valence-electron chi connectivity index (χ3n) is 4.26. The lowest BCUT2D eigenvalue weighted by Gasteiger charge is -2.26. The van der Waals surface area contributed by atoms with E-state index in [1.165, 1.54) is 0 Å². The van der Waals surface area contributed by atoms with Crippen molar-refractivity contribution in [3.63, 3.8) is 0 Å². The van der Waals surface area contributed by atoms with Crippen LogP contribution in [0.2, 0.25) is 5.02 Å². The first kappa shape index (κ1) is 14.4. The predicted molar refractivity (Wildman–Crippen MR) is 95.6 cm³/mol. The number of nitrogens with one attached hydrogen (secondary N) is 1. The maximum atomic E-state index is 6.40. The Morgan fingerprint density at radius 3 is 2.96 bits per heavy atom. The van der Waals surface area contributed by atoms with E-state index in [2.05, 4.69) is 15.3 Å². The number of imidazole rings is 1. The van der Waals surface area contributed by atoms with Gasteiger partial charge in [0.2, 0.25) is 5.95 Å². The summed E-state index contributed by atoms with van der Waals surface area (Å²) < 4.78 is 13.3. The molecule has 2 aromatic carbocycles. The van der Waals surface area contributed by atoms with E-state index in [0.717, 1.165) is 16.6 Å². The normalized spacial score (nSPS) is 18.4. The summed E-state index contributed by atoms with van der Waals surface area (Å²) in [7, 11) is 0. The molecule has 2 aliphatic heterocycles. The monoisotopic (exact) mass is 355 g/mol. The van der Waals surface area contributed by atoms with Crippen LogP contribution in [0, 0.1) is 0 Å². The first-order valence-corrected chi connectivity index (χ1v) is 8.25. The Hall–Kier alpha value is -2.93. The highest BCUT2D eigenvalue weighted by Gasteiger charge is 2.27. The molecule has 3 aromatic rings. The molecule has 5 rings (SSSR count). The number of hydrogen-bond acceptors (Lipinski definition) is 6. The van der Waals surface area contributed by atoms with Gasteiger partial charge in [0, 0.05) is 5.56 Å². The first-order chi connectivity index (χ1) is 12.2. The number of aliphatic imine (C=N–C) groups is 1. The first-order valence-electron chi connectivity index (χ1n) is 7.87. The topological polar surface area (TPSA) is 86.7 Å². The van der Waals surface area contributed by atoms with Gasteiger partial charge in [-0.15, -0.1) is 0 Å². The molecule has 8 heteroatoms. The molecule has 25 heavy (non-hydrogen) atoms. The van der Waals surface area contributed by atoms with E-state index < -0.39 is 6.17 Å². The van der Waals surface area contributed by atoms with Gasteiger partial charge in [-0.25, -0.2) is 9.98 Å². The molecule has 3 N–H and O–H groups in total. The van der Waals surface area contributed by atoms with Gasteiger partial charge < -0.3 is 15.2 Å². The van der Waals surface area contributed by atoms with Crippen LogP contribution in [0.15, 0.2) is 41.4 Å². The summed E-state index contributed by atoms with van der Waals surface area (Å²) in [5.74, 6) is 2.13. The summed E-state index contributed by atoms with van der Waals surface area (Å²) in [5.41, 5.74) is 8.64. The number of rotatable bonds is 1. The number of nitrogens with two attached hydrogens (primary N) is 1. The SMILES string of the molecule is NC1=N[C@@H](c2cc(Cl)c3c(c2)OCCO3)n2c(nc3ccccc32)N1. The Labute approximate surface area is 148 Å². The molecule has 7 nitrogen and oxygen atoms in total. The number of nitrogens with zero attached hydrogens (tertiary/aromatic N) is 3. The minimum atomic E-state index is -0.392. The highest BCUT2D eigenvalue weighted by Crippen LogP contribution is 2.42. The fourth-order valence-corrected chi connectivity index (χ4v) is 3.49. The van der Waals surface area contributed by atoms with E-state index in [4.69, 9.17) is 26.8 Å². The summed E-state index contributed by atoms with van der Waals surface area (Å²) in [4.78, 5) is 9.15. The van der Waals surface area contributed by atoms with Crippen LogP contribution in [-0.4, -0.2) is 28.7 Å². The van der Waals surface area contributed by atoms with E-state index >= 15 is 0 Å². The number of halogens is 1. The second-order valence-electron chi connectivity index (χ2n) is 5.83. The summed E-state index contributed by atoms with van der Waals surface area (Å²) in [6, 6.07) is 11.6. The maximum Gasteiger partial charge on any atom is 0.212 e. The molecular weight excluding hydrogens is 342 g/mol. The molecule has 1 atom stereocenters. The smallest absolute Gasteiger partial charge is 0.212 e. The molecule has 2 aliphatic rings. The molecule has 0 fully saturated rings. The molecule has 0 aliphatic carbocycles. The summed E-state index contributed by atoms with van der Waals surface area (Å²) in [6.07, 6.45) is -0.392. The third-order valence-corrected chi connectivity index (χ3v) is 4.54. The summed E-state index contributed by atoms with van der Waals surface area (Å²) >= 11 is 6.40. The zero-order valence-corrected chi connectivity index (χ0v) is 13.8. The molecule has 3 heterocycles. The average molecular weight is 356 g/mol. The van der Waals surface area contributed by atoms with Crippen molar-refractivity contribution < 1.29 is 9.47 Å². The highest BCUT2D eigenvalue weighted by molar-refractivity contribution is 6.32. The zero-order valence-electron chi connectivity index (χ0n) is 13.1. The van der Waals surface area contributed by atoms with E-state index in [0.29, 0.717) is 41.6 Å². The van der Waals surface area contributed by atoms with Crippen LogP contribution in [0.3, 0.4) is 0 Å². The van der Waals surface area contributed by atoms with Crippen LogP contribution >= 0.6 is 11.6 Å². The van der Waals surface area contributed by atoms with Gasteiger partial charge in [-0.1, -0.05) is 23.7 Å². The Balaban J connectivity index is 1.72. The number of ether oxygens (including phenoxy) is 2. The molecule has 126 valence electrons. The van der Waals surface area contributed by atoms with E-state index in [9.17, 15) is 0 Å². The van der Waals surface area contributed by atoms with Crippen LogP contribution in [0.5, 0.6) is 11.5 Å². The molecule has 0 amide bonds. The number of para-hydroxylation sites is 2. The van der Waals surface area contributed by atoms with E-state index in [-0.39, 0.29) is 0 Å². The second kappa shape index (κ2) is 5.29. The van der Waals surface area contributed by atoms with Crippen LogP contribution in [0.1, 0.15) is 11.7 Å². The molecule has 0 spiro atoms. The number of guanidine groups is 1. The largest absolute Gasteiger partial charge is 0.486 e. The number of benzene rings is 2. The van der Waals surface area contributed by atoms with Gasteiger partial charge in [-0.3, -0.25) is 9.88 Å². The second-order valence-corrected chi connectivity index (χ2v) is 6.24. The van der Waals surface area contributed by atoms with Gasteiger partial charge in [0.05, 0.1) is 16.1 Å². The Bertz CT molecular complexity index is 1030. The molecule has 0 radical (unpaired) electrons. The van der Waals surface area contributed by atoms with Crippen molar-refractivity contribution in [2.75, 3.05) is 18.5 Å². The molecule has 1 aromatic heterocycles. The summed E-state index contributed by atoms with van der Waals surface area (Å²) in [6.45, 7) is 0.977. The molecule has 0 saturated carbocycles. The molecule has 0 bridgehead atoms. The molecular formula is C17H14ClN5O2. The van der Waals surface area contributed by atoms with Crippen LogP contribution in [0.4, 0.5) is 5.95 Å². The van der Waals surface area contributed by atoms with Crippen molar-refractivity contribution in [1.29, 1.82) is 0 Å². The Kier molecular flexibility index (Phi) is 3.05. The highest BCUT2D eigenvalue weighted by atomic mass is 35.5. The van der Waals surface area contributed by atoms with Gasteiger partial charge >= 0.3 is 0 Å². The van der Waals surface area contributed by atoms with Gasteiger partial charge in [0.25, 0.3) is 0 Å². The van der Waals surface area contributed by atoms with Crippen molar-refractivity contribution in [3.05, 3.63) is 47.0 Å². The fraction of sp³-hybridized carbons (Fsp3) is 0.176. The quantitative estimate of drug-likeness (QED) is 0.701. The average Bonchev–Trinajstić information content (AvgIpc) is 2.99. The summed E-state index contributed by atoms with van der Waals surface area (Å²) in [5, 5.41) is 3.51. The van der Waals surface area contributed by atoms with Crippen LogP contribution in [0.25, 0.3) is 11.0 Å². The fourth-order valence-electron chi connectivity index (χ4n) is 3.22. The Morgan fingerprint density at radius 1 is 1.20 bits per heavy atom. The molecule has 0 saturated heterocycles. The predicted octanol–water partition coefficient (Wildman–Crippen LogP) is 2.75. The number of anilines is 1. The van der Waals surface area contributed by atoms with Crippen molar-refractivity contribution >= 4 is 34.5 Å². The van der Waals surface area contributed by atoms with Crippen LogP contribution in [-0.2, 0) is 0 Å². The van der Waals surface area contributed by atoms with Gasteiger partial charge in [0.1, 0.15) is 13.2 Å². The number of fused-ring (bicyclic) bond motifs is 4. The van der Waals surface area contributed by atoms with Crippen molar-refractivity contribution in [2.24, 2.45) is 10.7 Å². The number of aromatic nitrogens is 2. The minimum Gasteiger partial charge on any atom is -0.486 e. The van der Waals surface area contributed by atoms with Gasteiger partial charge in [-0.05, 0) is 24.3 Å². The number of hydrogen-bond donors (Lipinski definition) is 2. The van der Waals surface area contributed by atoms with E-state index in [1.54, 1.807) is 0 Å². The maximum absolute atomic E-state index is 6.40. The lowest BCUT2D eigenvalue weighted by Crippen LogP contribution is -2.31. The third kappa shape index (κ3) is 2.20. The van der Waals surface area contributed by atoms with Crippen molar-refractivity contribution in [3.8, 4) is 11.5 Å². The zero-order chi connectivity index (χ0) is 17.0. The Morgan fingerprint density at radius 2 is 2.04 bits per heavy atom. The minimum absolute atomic E-state index is 0.304. The lowest BCUT2D eigenvalue weighted by molar-refractivity contribution is 0.171. The van der Waals surface area contributed by atoms with E-state index in [1.807, 2.05) is 41.0 Å². The lowest BCUT2D eigenvalue weighted by atomic mass is 10.1.